The van der Waals surface area contributed by atoms with Gasteiger partial charge < -0.3 is 10.2 Å². The van der Waals surface area contributed by atoms with Crippen LogP contribution < -0.4 is 5.32 Å². The van der Waals surface area contributed by atoms with Crippen molar-refractivity contribution in [3.8, 4) is 0 Å². The van der Waals surface area contributed by atoms with E-state index in [1.165, 1.54) is 12.1 Å². The number of benzene rings is 1. The maximum atomic E-state index is 12.9. The largest absolute Gasteiger partial charge is 0.355 e. The van der Waals surface area contributed by atoms with Crippen LogP contribution in [0.5, 0.6) is 0 Å². The Balaban J connectivity index is 1.71. The molecule has 2 fully saturated rings. The average molecular weight is 316 g/mol. The number of likely N-dealkylation sites (tertiary alicyclic amines) is 1. The SMILES string of the molecule is CC(=Cc1ccc(F)cc1)C(=O)N1CCCC2(CNC(=O)C2)C1. The van der Waals surface area contributed by atoms with Crippen LogP contribution in [0.15, 0.2) is 29.8 Å². The summed E-state index contributed by atoms with van der Waals surface area (Å²) in [4.78, 5) is 26.1. The lowest BCUT2D eigenvalue weighted by atomic mass is 9.79. The van der Waals surface area contributed by atoms with Crippen LogP contribution in [-0.4, -0.2) is 36.3 Å². The molecule has 0 aromatic heterocycles. The molecule has 2 saturated heterocycles. The molecule has 2 aliphatic rings. The van der Waals surface area contributed by atoms with Crippen LogP contribution in [0.4, 0.5) is 4.39 Å². The highest BCUT2D eigenvalue weighted by Gasteiger charge is 2.42. The lowest BCUT2D eigenvalue weighted by molar-refractivity contribution is -0.131. The highest BCUT2D eigenvalue weighted by atomic mass is 19.1. The molecule has 23 heavy (non-hydrogen) atoms. The van der Waals surface area contributed by atoms with Crippen molar-refractivity contribution < 1.29 is 14.0 Å². The number of hydrogen-bond acceptors (Lipinski definition) is 2. The Hall–Kier alpha value is -2.17. The summed E-state index contributed by atoms with van der Waals surface area (Å²) in [6.07, 6.45) is 4.19. The standard InChI is InChI=1S/C18H21FN2O2/c1-13(9-14-3-5-15(19)6-4-14)17(23)21-8-2-7-18(12-21)10-16(22)20-11-18/h3-6,9H,2,7-8,10-12H2,1H3,(H,20,22). The van der Waals surface area contributed by atoms with Crippen LogP contribution in [-0.2, 0) is 9.59 Å². The van der Waals surface area contributed by atoms with Gasteiger partial charge in [-0.15, -0.1) is 0 Å². The van der Waals surface area contributed by atoms with Gasteiger partial charge in [-0.1, -0.05) is 12.1 Å². The number of piperidine rings is 1. The first-order chi connectivity index (χ1) is 11.0. The van der Waals surface area contributed by atoms with Crippen molar-refractivity contribution in [2.75, 3.05) is 19.6 Å². The van der Waals surface area contributed by atoms with E-state index in [1.807, 2.05) is 4.90 Å². The van der Waals surface area contributed by atoms with Crippen molar-refractivity contribution in [2.24, 2.45) is 5.41 Å². The molecule has 0 radical (unpaired) electrons. The van der Waals surface area contributed by atoms with E-state index in [0.717, 1.165) is 24.9 Å². The zero-order chi connectivity index (χ0) is 16.4. The lowest BCUT2D eigenvalue weighted by Crippen LogP contribution is -2.47. The molecule has 4 nitrogen and oxygen atoms in total. The summed E-state index contributed by atoms with van der Waals surface area (Å²) < 4.78 is 12.9. The first-order valence-electron chi connectivity index (χ1n) is 7.97. The van der Waals surface area contributed by atoms with Crippen LogP contribution >= 0.6 is 0 Å². The van der Waals surface area contributed by atoms with Gasteiger partial charge in [-0.25, -0.2) is 4.39 Å². The molecule has 0 saturated carbocycles. The van der Waals surface area contributed by atoms with E-state index in [9.17, 15) is 14.0 Å². The number of carbonyl (C=O) groups is 2. The Morgan fingerprint density at radius 3 is 2.74 bits per heavy atom. The molecule has 0 aliphatic carbocycles. The van der Waals surface area contributed by atoms with Crippen molar-refractivity contribution in [2.45, 2.75) is 26.2 Å². The first-order valence-corrected chi connectivity index (χ1v) is 7.97. The van der Waals surface area contributed by atoms with Crippen LogP contribution in [0.3, 0.4) is 0 Å². The third kappa shape index (κ3) is 3.44. The number of halogens is 1. The van der Waals surface area contributed by atoms with E-state index in [2.05, 4.69) is 5.32 Å². The smallest absolute Gasteiger partial charge is 0.249 e. The van der Waals surface area contributed by atoms with Gasteiger partial charge >= 0.3 is 0 Å². The lowest BCUT2D eigenvalue weighted by Gasteiger charge is -2.39. The molecule has 1 atom stereocenters. The highest BCUT2D eigenvalue weighted by molar-refractivity contribution is 5.97. The topological polar surface area (TPSA) is 49.4 Å². The van der Waals surface area contributed by atoms with E-state index < -0.39 is 0 Å². The van der Waals surface area contributed by atoms with Gasteiger partial charge in [0.05, 0.1) is 0 Å². The molecule has 2 amide bonds. The minimum atomic E-state index is -0.289. The van der Waals surface area contributed by atoms with Crippen molar-refractivity contribution in [1.29, 1.82) is 0 Å². The predicted octanol–water partition coefficient (Wildman–Crippen LogP) is 2.36. The summed E-state index contributed by atoms with van der Waals surface area (Å²) in [7, 11) is 0. The summed E-state index contributed by atoms with van der Waals surface area (Å²) in [5.41, 5.74) is 1.34. The van der Waals surface area contributed by atoms with E-state index in [-0.39, 0.29) is 23.0 Å². The number of nitrogens with one attached hydrogen (secondary N) is 1. The Bertz CT molecular complexity index is 653. The van der Waals surface area contributed by atoms with Gasteiger partial charge in [-0.3, -0.25) is 9.59 Å². The maximum Gasteiger partial charge on any atom is 0.249 e. The molecule has 1 N–H and O–H groups in total. The first kappa shape index (κ1) is 15.7. The Morgan fingerprint density at radius 2 is 2.09 bits per heavy atom. The predicted molar refractivity (Wildman–Crippen MR) is 85.9 cm³/mol. The zero-order valence-corrected chi connectivity index (χ0v) is 13.3. The zero-order valence-electron chi connectivity index (χ0n) is 13.3. The van der Waals surface area contributed by atoms with E-state index >= 15 is 0 Å². The normalized spacial score (nSPS) is 24.9. The van der Waals surface area contributed by atoms with Crippen molar-refractivity contribution in [1.82, 2.24) is 10.2 Å². The number of amides is 2. The highest BCUT2D eigenvalue weighted by Crippen LogP contribution is 2.36. The second-order valence-corrected chi connectivity index (χ2v) is 6.66. The maximum absolute atomic E-state index is 12.9. The minimum absolute atomic E-state index is 0.00671. The summed E-state index contributed by atoms with van der Waals surface area (Å²) in [5.74, 6) is -0.215. The van der Waals surface area contributed by atoms with Gasteiger partial charge in [0.25, 0.3) is 0 Å². The quantitative estimate of drug-likeness (QED) is 0.852. The number of nitrogens with zero attached hydrogens (tertiary/aromatic N) is 1. The summed E-state index contributed by atoms with van der Waals surface area (Å²) in [6, 6.07) is 6.08. The van der Waals surface area contributed by atoms with E-state index in [0.29, 0.717) is 25.1 Å². The van der Waals surface area contributed by atoms with Crippen LogP contribution in [0, 0.1) is 11.2 Å². The number of carbonyl (C=O) groups excluding carboxylic acids is 2. The second-order valence-electron chi connectivity index (χ2n) is 6.66. The van der Waals surface area contributed by atoms with Crippen LogP contribution in [0.25, 0.3) is 6.08 Å². The molecule has 1 unspecified atom stereocenters. The van der Waals surface area contributed by atoms with Crippen LogP contribution in [0.1, 0.15) is 31.7 Å². The van der Waals surface area contributed by atoms with Crippen molar-refractivity contribution in [3.63, 3.8) is 0 Å². The number of rotatable bonds is 2. The van der Waals surface area contributed by atoms with Crippen molar-refractivity contribution in [3.05, 3.63) is 41.2 Å². The number of hydrogen-bond donors (Lipinski definition) is 1. The molecule has 1 aromatic rings. The van der Waals surface area contributed by atoms with Gasteiger partial charge in [-0.05, 0) is 43.5 Å². The monoisotopic (exact) mass is 316 g/mol. The molecular weight excluding hydrogens is 295 g/mol. The molecular formula is C18H21FN2O2. The molecule has 3 rings (SSSR count). The third-order valence-electron chi connectivity index (χ3n) is 4.74. The summed E-state index contributed by atoms with van der Waals surface area (Å²) >= 11 is 0. The van der Waals surface area contributed by atoms with E-state index in [4.69, 9.17) is 0 Å². The summed E-state index contributed by atoms with van der Waals surface area (Å²) in [5, 5.41) is 2.89. The molecule has 5 heteroatoms. The summed E-state index contributed by atoms with van der Waals surface area (Å²) in [6.45, 7) is 3.80. The molecule has 1 spiro atoms. The third-order valence-corrected chi connectivity index (χ3v) is 4.74. The van der Waals surface area contributed by atoms with Gasteiger partial charge in [0.1, 0.15) is 5.82 Å². The Kier molecular flexibility index (Phi) is 4.20. The van der Waals surface area contributed by atoms with Crippen LogP contribution in [0.2, 0.25) is 0 Å². The molecule has 122 valence electrons. The van der Waals surface area contributed by atoms with Crippen molar-refractivity contribution >= 4 is 17.9 Å². The molecule has 0 bridgehead atoms. The average Bonchev–Trinajstić information content (AvgIpc) is 2.89. The fourth-order valence-electron chi connectivity index (χ4n) is 3.54. The molecule has 1 aromatic carbocycles. The fourth-order valence-corrected chi connectivity index (χ4v) is 3.54. The molecule has 2 aliphatic heterocycles. The Morgan fingerprint density at radius 1 is 1.35 bits per heavy atom. The Labute approximate surface area is 135 Å². The van der Waals surface area contributed by atoms with Gasteiger partial charge in [0.2, 0.25) is 11.8 Å². The minimum Gasteiger partial charge on any atom is -0.355 e. The van der Waals surface area contributed by atoms with Gasteiger partial charge in [0.15, 0.2) is 0 Å². The van der Waals surface area contributed by atoms with Gasteiger partial charge in [0, 0.05) is 37.0 Å². The molecule has 2 heterocycles. The van der Waals surface area contributed by atoms with E-state index in [1.54, 1.807) is 25.1 Å². The van der Waals surface area contributed by atoms with Gasteiger partial charge in [-0.2, -0.15) is 0 Å². The fraction of sp³-hybridized carbons (Fsp3) is 0.444. The second kappa shape index (κ2) is 6.14.